The second kappa shape index (κ2) is 44.3. The van der Waals surface area contributed by atoms with Crippen molar-refractivity contribution in [3.8, 4) is 0 Å². The lowest BCUT2D eigenvalue weighted by atomic mass is 10.0. The predicted molar refractivity (Wildman–Crippen MR) is 242 cm³/mol. The molecule has 0 fully saturated rings. The summed E-state index contributed by atoms with van der Waals surface area (Å²) in [6.07, 6.45) is 46.8. The molecule has 3 N–H and O–H groups in total. The van der Waals surface area contributed by atoms with Crippen LogP contribution in [0, 0.1) is 0 Å². The molecule has 0 bridgehead atoms. The van der Waals surface area contributed by atoms with Gasteiger partial charge in [-0.3, -0.25) is 18.6 Å². The van der Waals surface area contributed by atoms with E-state index in [1.807, 2.05) is 0 Å². The van der Waals surface area contributed by atoms with E-state index in [9.17, 15) is 24.2 Å². The summed E-state index contributed by atoms with van der Waals surface area (Å²) in [7, 11) is -4.62. The first kappa shape index (κ1) is 57.2. The largest absolute Gasteiger partial charge is 0.472 e. The highest BCUT2D eigenvalue weighted by molar-refractivity contribution is 7.47. The van der Waals surface area contributed by atoms with Crippen LogP contribution in [0.25, 0.3) is 0 Å². The van der Waals surface area contributed by atoms with E-state index >= 15 is 0 Å². The lowest BCUT2D eigenvalue weighted by Gasteiger charge is -2.20. The van der Waals surface area contributed by atoms with Gasteiger partial charge in [-0.2, -0.15) is 0 Å². The van der Waals surface area contributed by atoms with Gasteiger partial charge in [-0.25, -0.2) is 4.57 Å². The van der Waals surface area contributed by atoms with E-state index in [0.717, 1.165) is 57.8 Å². The molecule has 0 heterocycles. The summed E-state index contributed by atoms with van der Waals surface area (Å²) < 4.78 is 32.8. The first-order chi connectivity index (χ1) is 28.7. The third-order valence-electron chi connectivity index (χ3n) is 10.3. The number of hydrogen-bond donors (Lipinski definition) is 3. The van der Waals surface area contributed by atoms with Gasteiger partial charge in [0, 0.05) is 12.8 Å². The number of carbonyl (C=O) groups is 2. The Morgan fingerprint density at radius 3 is 1.36 bits per heavy atom. The van der Waals surface area contributed by atoms with Crippen LogP contribution < -0.4 is 0 Å². The highest BCUT2D eigenvalue weighted by Crippen LogP contribution is 2.43. The van der Waals surface area contributed by atoms with Crippen molar-refractivity contribution in [1.29, 1.82) is 0 Å². The molecule has 0 saturated carbocycles. The van der Waals surface area contributed by atoms with Crippen LogP contribution >= 0.6 is 7.82 Å². The number of phosphoric ester groups is 1. The molecule has 0 radical (unpaired) electrons. The Labute approximate surface area is 361 Å². The van der Waals surface area contributed by atoms with Crippen molar-refractivity contribution in [2.75, 3.05) is 26.4 Å². The zero-order valence-corrected chi connectivity index (χ0v) is 38.6. The Bertz CT molecular complexity index is 1080. The number of aliphatic hydroxyl groups is 2. The number of carbonyl (C=O) groups excluding carboxylic acids is 2. The minimum atomic E-state index is -4.62. The zero-order valence-electron chi connectivity index (χ0n) is 37.7. The number of unbranched alkanes of at least 4 members (excludes halogenated alkanes) is 25. The average molecular weight is 857 g/mol. The van der Waals surface area contributed by atoms with Gasteiger partial charge in [0.1, 0.15) is 12.7 Å². The number of allylic oxidation sites excluding steroid dienone is 6. The van der Waals surface area contributed by atoms with Crippen molar-refractivity contribution >= 4 is 19.8 Å². The van der Waals surface area contributed by atoms with Crippen LogP contribution in [0.1, 0.15) is 219 Å². The molecule has 0 saturated heterocycles. The molecular formula is C48H89O10P. The van der Waals surface area contributed by atoms with Crippen LogP contribution in [0.2, 0.25) is 0 Å². The van der Waals surface area contributed by atoms with Crippen molar-refractivity contribution in [2.45, 2.75) is 232 Å². The van der Waals surface area contributed by atoms with Crippen molar-refractivity contribution in [3.63, 3.8) is 0 Å². The minimum Gasteiger partial charge on any atom is -0.462 e. The maximum absolute atomic E-state index is 12.6. The molecule has 0 aromatic rings. The maximum Gasteiger partial charge on any atom is 0.472 e. The number of hydrogen-bond acceptors (Lipinski definition) is 9. The van der Waals surface area contributed by atoms with Crippen LogP contribution in [0.4, 0.5) is 0 Å². The van der Waals surface area contributed by atoms with E-state index in [2.05, 4.69) is 50.3 Å². The van der Waals surface area contributed by atoms with Crippen molar-refractivity contribution in [3.05, 3.63) is 36.5 Å². The molecule has 1 unspecified atom stereocenters. The van der Waals surface area contributed by atoms with Crippen LogP contribution in [0.5, 0.6) is 0 Å². The van der Waals surface area contributed by atoms with Crippen LogP contribution in [0.15, 0.2) is 36.5 Å². The van der Waals surface area contributed by atoms with Crippen molar-refractivity contribution < 1.29 is 47.8 Å². The van der Waals surface area contributed by atoms with Gasteiger partial charge in [-0.15, -0.1) is 0 Å². The van der Waals surface area contributed by atoms with Crippen LogP contribution in [-0.4, -0.2) is 65.7 Å². The molecule has 0 aromatic heterocycles. The molecule has 0 aliphatic rings. The molecule has 0 aliphatic heterocycles. The summed E-state index contributed by atoms with van der Waals surface area (Å²) >= 11 is 0. The van der Waals surface area contributed by atoms with Crippen LogP contribution in [0.3, 0.4) is 0 Å². The molecule has 3 atom stereocenters. The Hall–Kier alpha value is -1.81. The van der Waals surface area contributed by atoms with Crippen molar-refractivity contribution in [2.24, 2.45) is 0 Å². The van der Waals surface area contributed by atoms with E-state index in [-0.39, 0.29) is 19.4 Å². The van der Waals surface area contributed by atoms with Gasteiger partial charge in [-0.05, 0) is 51.4 Å². The molecule has 11 heteroatoms. The fraction of sp³-hybridized carbons (Fsp3) is 0.833. The second-order valence-electron chi connectivity index (χ2n) is 16.1. The van der Waals surface area contributed by atoms with Gasteiger partial charge in [-0.1, -0.05) is 192 Å². The number of rotatable bonds is 45. The number of esters is 2. The summed E-state index contributed by atoms with van der Waals surface area (Å²) in [5.41, 5.74) is 0. The fourth-order valence-corrected chi connectivity index (χ4v) is 7.38. The molecule has 0 amide bonds. The molecular weight excluding hydrogens is 767 g/mol. The SMILES string of the molecule is CCCCC/C=C/C/C=C/C/C=C/CCCCCCC(=O)O[C@H](COC(=O)CCCCCCCCCCCCCCCCCCCCC)COP(=O)(O)OC[C@@H](O)CO. The Morgan fingerprint density at radius 2 is 0.881 bits per heavy atom. The van der Waals surface area contributed by atoms with Gasteiger partial charge in [0.15, 0.2) is 6.10 Å². The highest BCUT2D eigenvalue weighted by Gasteiger charge is 2.27. The highest BCUT2D eigenvalue weighted by atomic mass is 31.2. The quantitative estimate of drug-likeness (QED) is 0.0234. The molecule has 0 aliphatic carbocycles. The van der Waals surface area contributed by atoms with Gasteiger partial charge in [0.05, 0.1) is 19.8 Å². The van der Waals surface area contributed by atoms with Crippen molar-refractivity contribution in [1.82, 2.24) is 0 Å². The van der Waals surface area contributed by atoms with E-state index in [0.29, 0.717) is 12.8 Å². The normalized spacial score (nSPS) is 14.1. The standard InChI is InChI=1S/C48H89O10P/c1-3-5-7-9-11-13-15-17-19-21-22-24-25-27-29-31-33-35-37-39-47(51)55-43-46(44-57-59(53,54)56-42-45(50)41-49)58-48(52)40-38-36-34-32-30-28-26-23-20-18-16-14-12-10-8-6-4-2/h12,14,18,20,26,28,45-46,49-50H,3-11,13,15-17,19,21-25,27,29-44H2,1-2H3,(H,53,54)/b14-12+,20-18+,28-26+/t45-,46+/m0/s1. The summed E-state index contributed by atoms with van der Waals surface area (Å²) in [5.74, 6) is -0.941. The Balaban J connectivity index is 4.24. The zero-order chi connectivity index (χ0) is 43.3. The molecule has 346 valence electrons. The van der Waals surface area contributed by atoms with E-state index in [4.69, 9.17) is 23.6 Å². The molecule has 10 nitrogen and oxygen atoms in total. The van der Waals surface area contributed by atoms with Crippen LogP contribution in [-0.2, 0) is 32.7 Å². The first-order valence-corrected chi connectivity index (χ1v) is 25.4. The number of phosphoric acid groups is 1. The molecule has 0 rings (SSSR count). The fourth-order valence-electron chi connectivity index (χ4n) is 6.59. The minimum absolute atomic E-state index is 0.160. The summed E-state index contributed by atoms with van der Waals surface area (Å²) in [5, 5.41) is 18.4. The Morgan fingerprint density at radius 1 is 0.508 bits per heavy atom. The van der Waals surface area contributed by atoms with E-state index in [1.165, 1.54) is 122 Å². The monoisotopic (exact) mass is 857 g/mol. The van der Waals surface area contributed by atoms with Gasteiger partial charge in [0.2, 0.25) is 0 Å². The van der Waals surface area contributed by atoms with Gasteiger partial charge < -0.3 is 24.6 Å². The maximum atomic E-state index is 12.6. The third-order valence-corrected chi connectivity index (χ3v) is 11.2. The first-order valence-electron chi connectivity index (χ1n) is 23.9. The van der Waals surface area contributed by atoms with E-state index in [1.54, 1.807) is 0 Å². The average Bonchev–Trinajstić information content (AvgIpc) is 3.22. The summed E-state index contributed by atoms with van der Waals surface area (Å²) in [4.78, 5) is 35.1. The Kier molecular flexibility index (Phi) is 42.9. The van der Waals surface area contributed by atoms with E-state index < -0.39 is 51.8 Å². The van der Waals surface area contributed by atoms with Gasteiger partial charge >= 0.3 is 19.8 Å². The summed E-state index contributed by atoms with van der Waals surface area (Å²) in [6, 6.07) is 0. The molecule has 59 heavy (non-hydrogen) atoms. The second-order valence-corrected chi connectivity index (χ2v) is 17.6. The topological polar surface area (TPSA) is 149 Å². The van der Waals surface area contributed by atoms with Gasteiger partial charge in [0.25, 0.3) is 0 Å². The third kappa shape index (κ3) is 44.1. The number of aliphatic hydroxyl groups excluding tert-OH is 2. The smallest absolute Gasteiger partial charge is 0.462 e. The lowest BCUT2D eigenvalue weighted by molar-refractivity contribution is -0.161. The predicted octanol–water partition coefficient (Wildman–Crippen LogP) is 13.1. The number of ether oxygens (including phenoxy) is 2. The summed E-state index contributed by atoms with van der Waals surface area (Å²) in [6.45, 7) is 2.36. The lowest BCUT2D eigenvalue weighted by Crippen LogP contribution is -2.29. The molecule has 0 spiro atoms. The molecule has 0 aromatic carbocycles.